The highest BCUT2D eigenvalue weighted by Crippen LogP contribution is 2.14. The number of hydrogen-bond acceptors (Lipinski definition) is 5. The van der Waals surface area contributed by atoms with Crippen molar-refractivity contribution >= 4 is 17.5 Å². The zero-order chi connectivity index (χ0) is 17.6. The molecule has 0 spiro atoms. The molecule has 1 aromatic heterocycles. The minimum atomic E-state index is -0.208. The van der Waals surface area contributed by atoms with Crippen LogP contribution in [0.1, 0.15) is 29.9 Å². The molecular formula is C19H25N5O. The van der Waals surface area contributed by atoms with Crippen molar-refractivity contribution in [1.82, 2.24) is 14.9 Å². The first-order chi connectivity index (χ1) is 12.2. The Morgan fingerprint density at radius 2 is 1.80 bits per heavy atom. The number of nitrogens with one attached hydrogen (secondary N) is 1. The molecule has 2 aromatic rings. The van der Waals surface area contributed by atoms with Gasteiger partial charge in [-0.15, -0.1) is 0 Å². The van der Waals surface area contributed by atoms with E-state index in [0.29, 0.717) is 11.6 Å². The monoisotopic (exact) mass is 339 g/mol. The number of likely N-dealkylation sites (N-methyl/N-ethyl adjacent to an activating group) is 1. The number of piperazine rings is 1. The number of carbonyl (C=O) groups excluding carboxylic acids is 1. The Bertz CT molecular complexity index is 708. The fraction of sp³-hybridized carbons (Fsp3) is 0.421. The van der Waals surface area contributed by atoms with Gasteiger partial charge in [0, 0.05) is 38.1 Å². The number of aromatic nitrogens is 2. The first-order valence-electron chi connectivity index (χ1n) is 8.90. The van der Waals surface area contributed by atoms with Crippen molar-refractivity contribution in [2.45, 2.75) is 20.3 Å². The molecule has 0 saturated carbocycles. The third-order valence-corrected chi connectivity index (χ3v) is 4.60. The van der Waals surface area contributed by atoms with Crippen molar-refractivity contribution in [2.24, 2.45) is 0 Å². The van der Waals surface area contributed by atoms with Gasteiger partial charge in [0.25, 0.3) is 5.91 Å². The molecule has 1 fully saturated rings. The number of hydrogen-bond donors (Lipinski definition) is 1. The third-order valence-electron chi connectivity index (χ3n) is 4.60. The molecule has 0 radical (unpaired) electrons. The van der Waals surface area contributed by atoms with E-state index in [0.717, 1.165) is 44.8 Å². The van der Waals surface area contributed by atoms with Crippen LogP contribution in [0.4, 0.5) is 11.6 Å². The molecule has 25 heavy (non-hydrogen) atoms. The SMILES string of the molecule is CCc1ccc(NC(=O)c2ccnc(N3CCN(CC)CC3)n2)cc1. The lowest BCUT2D eigenvalue weighted by Gasteiger charge is -2.34. The van der Waals surface area contributed by atoms with Gasteiger partial charge in [0.1, 0.15) is 5.69 Å². The van der Waals surface area contributed by atoms with Crippen LogP contribution in [0.3, 0.4) is 0 Å². The van der Waals surface area contributed by atoms with Crippen LogP contribution < -0.4 is 10.2 Å². The molecule has 1 saturated heterocycles. The van der Waals surface area contributed by atoms with Gasteiger partial charge >= 0.3 is 0 Å². The quantitative estimate of drug-likeness (QED) is 0.906. The molecule has 0 aliphatic carbocycles. The standard InChI is InChI=1S/C19H25N5O/c1-3-15-5-7-16(8-6-15)21-18(25)17-9-10-20-19(22-17)24-13-11-23(4-2)12-14-24/h5-10H,3-4,11-14H2,1-2H3,(H,21,25). The lowest BCUT2D eigenvalue weighted by molar-refractivity contribution is 0.102. The van der Waals surface area contributed by atoms with E-state index in [1.807, 2.05) is 24.3 Å². The van der Waals surface area contributed by atoms with Crippen LogP contribution in [-0.2, 0) is 6.42 Å². The van der Waals surface area contributed by atoms with E-state index in [4.69, 9.17) is 0 Å². The number of carbonyl (C=O) groups is 1. The zero-order valence-corrected chi connectivity index (χ0v) is 14.9. The molecule has 6 nitrogen and oxygen atoms in total. The molecule has 132 valence electrons. The number of anilines is 2. The Labute approximate surface area is 148 Å². The Kier molecular flexibility index (Phi) is 5.60. The summed E-state index contributed by atoms with van der Waals surface area (Å²) >= 11 is 0. The number of benzene rings is 1. The van der Waals surface area contributed by atoms with E-state index < -0.39 is 0 Å². The fourth-order valence-electron chi connectivity index (χ4n) is 2.91. The van der Waals surface area contributed by atoms with Crippen LogP contribution in [0.15, 0.2) is 36.5 Å². The minimum Gasteiger partial charge on any atom is -0.338 e. The first kappa shape index (κ1) is 17.4. The molecule has 0 bridgehead atoms. The summed E-state index contributed by atoms with van der Waals surface area (Å²) < 4.78 is 0. The molecular weight excluding hydrogens is 314 g/mol. The smallest absolute Gasteiger partial charge is 0.274 e. The number of nitrogens with zero attached hydrogens (tertiary/aromatic N) is 4. The van der Waals surface area contributed by atoms with Crippen LogP contribution in [0.25, 0.3) is 0 Å². The Morgan fingerprint density at radius 3 is 2.44 bits per heavy atom. The molecule has 6 heteroatoms. The second kappa shape index (κ2) is 8.07. The van der Waals surface area contributed by atoms with Crippen LogP contribution in [0.2, 0.25) is 0 Å². The van der Waals surface area contributed by atoms with E-state index in [2.05, 4.69) is 38.9 Å². The molecule has 3 rings (SSSR count). The van der Waals surface area contributed by atoms with Crippen molar-refractivity contribution in [2.75, 3.05) is 42.9 Å². The fourth-order valence-corrected chi connectivity index (χ4v) is 2.91. The summed E-state index contributed by atoms with van der Waals surface area (Å²) in [4.78, 5) is 25.8. The lowest BCUT2D eigenvalue weighted by Crippen LogP contribution is -2.46. The van der Waals surface area contributed by atoms with Gasteiger partial charge < -0.3 is 15.1 Å². The summed E-state index contributed by atoms with van der Waals surface area (Å²) in [6.45, 7) is 9.11. The average Bonchev–Trinajstić information content (AvgIpc) is 2.68. The third kappa shape index (κ3) is 4.33. The summed E-state index contributed by atoms with van der Waals surface area (Å²) in [7, 11) is 0. The van der Waals surface area contributed by atoms with E-state index in [9.17, 15) is 4.79 Å². The highest BCUT2D eigenvalue weighted by Gasteiger charge is 2.19. The Morgan fingerprint density at radius 1 is 1.08 bits per heavy atom. The minimum absolute atomic E-state index is 0.208. The molecule has 1 amide bonds. The molecule has 0 unspecified atom stereocenters. The van der Waals surface area contributed by atoms with Gasteiger partial charge in [0.15, 0.2) is 0 Å². The summed E-state index contributed by atoms with van der Waals surface area (Å²) in [6.07, 6.45) is 2.64. The molecule has 0 atom stereocenters. The van der Waals surface area contributed by atoms with Gasteiger partial charge in [-0.25, -0.2) is 9.97 Å². The maximum Gasteiger partial charge on any atom is 0.274 e. The highest BCUT2D eigenvalue weighted by molar-refractivity contribution is 6.02. The molecule has 1 aliphatic rings. The summed E-state index contributed by atoms with van der Waals surface area (Å²) in [5, 5.41) is 2.90. The normalized spacial score (nSPS) is 15.2. The maximum absolute atomic E-state index is 12.5. The van der Waals surface area contributed by atoms with Crippen molar-refractivity contribution in [3.05, 3.63) is 47.8 Å². The van der Waals surface area contributed by atoms with Crippen molar-refractivity contribution in [3.8, 4) is 0 Å². The Balaban J connectivity index is 1.67. The average molecular weight is 339 g/mol. The van der Waals surface area contributed by atoms with Gasteiger partial charge in [-0.2, -0.15) is 0 Å². The first-order valence-corrected chi connectivity index (χ1v) is 8.90. The predicted octanol–water partition coefficient (Wildman–Crippen LogP) is 2.43. The van der Waals surface area contributed by atoms with Crippen LogP contribution in [0.5, 0.6) is 0 Å². The van der Waals surface area contributed by atoms with Crippen molar-refractivity contribution < 1.29 is 4.79 Å². The number of aryl methyl sites for hydroxylation is 1. The predicted molar refractivity (Wildman–Crippen MR) is 100 cm³/mol. The number of rotatable bonds is 5. The van der Waals surface area contributed by atoms with Gasteiger partial charge in [-0.3, -0.25) is 4.79 Å². The maximum atomic E-state index is 12.5. The van der Waals surface area contributed by atoms with Crippen molar-refractivity contribution in [3.63, 3.8) is 0 Å². The van der Waals surface area contributed by atoms with Gasteiger partial charge in [0.2, 0.25) is 5.95 Å². The topological polar surface area (TPSA) is 61.4 Å². The second-order valence-electron chi connectivity index (χ2n) is 6.17. The van der Waals surface area contributed by atoms with E-state index in [1.165, 1.54) is 5.56 Å². The van der Waals surface area contributed by atoms with Gasteiger partial charge in [-0.05, 0) is 36.7 Å². The zero-order valence-electron chi connectivity index (χ0n) is 14.9. The van der Waals surface area contributed by atoms with Gasteiger partial charge in [-0.1, -0.05) is 26.0 Å². The lowest BCUT2D eigenvalue weighted by atomic mass is 10.1. The van der Waals surface area contributed by atoms with Crippen LogP contribution in [0, 0.1) is 0 Å². The largest absolute Gasteiger partial charge is 0.338 e. The summed E-state index contributed by atoms with van der Waals surface area (Å²) in [6, 6.07) is 9.54. The molecule has 1 N–H and O–H groups in total. The van der Waals surface area contributed by atoms with Crippen LogP contribution in [-0.4, -0.2) is 53.5 Å². The van der Waals surface area contributed by atoms with E-state index in [1.54, 1.807) is 12.3 Å². The van der Waals surface area contributed by atoms with Gasteiger partial charge in [0.05, 0.1) is 0 Å². The second-order valence-corrected chi connectivity index (χ2v) is 6.17. The van der Waals surface area contributed by atoms with E-state index in [-0.39, 0.29) is 5.91 Å². The molecule has 1 aromatic carbocycles. The van der Waals surface area contributed by atoms with Crippen LogP contribution >= 0.6 is 0 Å². The van der Waals surface area contributed by atoms with E-state index >= 15 is 0 Å². The molecule has 1 aliphatic heterocycles. The highest BCUT2D eigenvalue weighted by atomic mass is 16.1. The summed E-state index contributed by atoms with van der Waals surface area (Å²) in [5.41, 5.74) is 2.41. The number of amides is 1. The summed E-state index contributed by atoms with van der Waals surface area (Å²) in [5.74, 6) is 0.421. The Hall–Kier alpha value is -2.47. The van der Waals surface area contributed by atoms with Crippen molar-refractivity contribution in [1.29, 1.82) is 0 Å². The molecule has 2 heterocycles.